The van der Waals surface area contributed by atoms with Crippen molar-refractivity contribution in [2.75, 3.05) is 18.5 Å². The van der Waals surface area contributed by atoms with Gasteiger partial charge in [0.25, 0.3) is 0 Å². The lowest BCUT2D eigenvalue weighted by molar-refractivity contribution is 0.291. The van der Waals surface area contributed by atoms with Gasteiger partial charge >= 0.3 is 6.01 Å². The molecular formula is C15H27ClN4O. The van der Waals surface area contributed by atoms with Gasteiger partial charge in [-0.25, -0.2) is 0 Å². The summed E-state index contributed by atoms with van der Waals surface area (Å²) < 4.78 is 5.37. The van der Waals surface area contributed by atoms with Crippen molar-refractivity contribution in [3.63, 3.8) is 0 Å². The van der Waals surface area contributed by atoms with E-state index in [4.69, 9.17) is 16.3 Å². The third kappa shape index (κ3) is 8.71. The number of anilines is 1. The molecule has 0 aliphatic heterocycles. The molecule has 1 N–H and O–H groups in total. The van der Waals surface area contributed by atoms with E-state index in [2.05, 4.69) is 34.1 Å². The SMILES string of the molecule is CCCOc1nc(Cl)nc(NCCCCCCC(C)C)n1. The van der Waals surface area contributed by atoms with Gasteiger partial charge in [0, 0.05) is 6.54 Å². The van der Waals surface area contributed by atoms with Crippen molar-refractivity contribution in [3.8, 4) is 6.01 Å². The van der Waals surface area contributed by atoms with Crippen LogP contribution in [0.2, 0.25) is 5.28 Å². The summed E-state index contributed by atoms with van der Waals surface area (Å²) >= 11 is 5.86. The van der Waals surface area contributed by atoms with E-state index in [9.17, 15) is 0 Å². The van der Waals surface area contributed by atoms with Gasteiger partial charge in [0.1, 0.15) is 0 Å². The lowest BCUT2D eigenvalue weighted by atomic mass is 10.0. The average Bonchev–Trinajstić information content (AvgIpc) is 2.43. The lowest BCUT2D eigenvalue weighted by Gasteiger charge is -2.07. The maximum Gasteiger partial charge on any atom is 0.322 e. The molecule has 0 spiro atoms. The van der Waals surface area contributed by atoms with Gasteiger partial charge in [-0.1, -0.05) is 46.5 Å². The van der Waals surface area contributed by atoms with Crippen molar-refractivity contribution in [2.24, 2.45) is 5.92 Å². The van der Waals surface area contributed by atoms with Gasteiger partial charge in [-0.2, -0.15) is 15.0 Å². The first-order chi connectivity index (χ1) is 10.1. The highest BCUT2D eigenvalue weighted by Crippen LogP contribution is 2.12. The molecule has 0 saturated carbocycles. The van der Waals surface area contributed by atoms with Crippen LogP contribution in [-0.4, -0.2) is 28.1 Å². The third-order valence-corrected chi connectivity index (χ3v) is 3.18. The van der Waals surface area contributed by atoms with Crippen LogP contribution in [0.4, 0.5) is 5.95 Å². The molecule has 0 radical (unpaired) electrons. The topological polar surface area (TPSA) is 59.9 Å². The first kappa shape index (κ1) is 18.0. The first-order valence-electron chi connectivity index (χ1n) is 7.90. The van der Waals surface area contributed by atoms with Gasteiger partial charge in [0.05, 0.1) is 6.61 Å². The Labute approximate surface area is 132 Å². The van der Waals surface area contributed by atoms with Crippen LogP contribution in [-0.2, 0) is 0 Å². The second-order valence-electron chi connectivity index (χ2n) is 5.58. The van der Waals surface area contributed by atoms with Crippen molar-refractivity contribution >= 4 is 17.5 Å². The quantitative estimate of drug-likeness (QED) is 0.616. The van der Waals surface area contributed by atoms with Gasteiger partial charge in [-0.15, -0.1) is 0 Å². The van der Waals surface area contributed by atoms with E-state index in [0.717, 1.165) is 25.3 Å². The van der Waals surface area contributed by atoms with E-state index < -0.39 is 0 Å². The number of rotatable bonds is 11. The molecule has 120 valence electrons. The fraction of sp³-hybridized carbons (Fsp3) is 0.800. The van der Waals surface area contributed by atoms with E-state index in [1.54, 1.807) is 0 Å². The first-order valence-corrected chi connectivity index (χ1v) is 8.27. The van der Waals surface area contributed by atoms with Crippen LogP contribution in [0.25, 0.3) is 0 Å². The van der Waals surface area contributed by atoms with Crippen LogP contribution in [0.3, 0.4) is 0 Å². The van der Waals surface area contributed by atoms with Crippen LogP contribution in [0.15, 0.2) is 0 Å². The van der Waals surface area contributed by atoms with Gasteiger partial charge in [0.2, 0.25) is 11.2 Å². The fourth-order valence-corrected chi connectivity index (χ4v) is 2.05. The van der Waals surface area contributed by atoms with E-state index in [0.29, 0.717) is 12.6 Å². The Bertz CT molecular complexity index is 401. The molecule has 1 aromatic heterocycles. The average molecular weight is 315 g/mol. The molecule has 0 aliphatic carbocycles. The summed E-state index contributed by atoms with van der Waals surface area (Å²) in [5, 5.41) is 3.34. The van der Waals surface area contributed by atoms with Crippen LogP contribution >= 0.6 is 11.6 Å². The minimum absolute atomic E-state index is 0.163. The molecule has 0 fully saturated rings. The molecule has 0 aromatic carbocycles. The van der Waals surface area contributed by atoms with E-state index in [1.807, 2.05) is 6.92 Å². The highest BCUT2D eigenvalue weighted by atomic mass is 35.5. The molecule has 1 rings (SSSR count). The van der Waals surface area contributed by atoms with Gasteiger partial charge in [-0.3, -0.25) is 0 Å². The maximum atomic E-state index is 5.86. The van der Waals surface area contributed by atoms with E-state index in [-0.39, 0.29) is 11.3 Å². The monoisotopic (exact) mass is 314 g/mol. The Morgan fingerprint density at radius 3 is 2.57 bits per heavy atom. The van der Waals surface area contributed by atoms with Gasteiger partial charge < -0.3 is 10.1 Å². The summed E-state index contributed by atoms with van der Waals surface area (Å²) in [6.07, 6.45) is 7.13. The summed E-state index contributed by atoms with van der Waals surface area (Å²) in [6, 6.07) is 0.288. The predicted molar refractivity (Wildman–Crippen MR) is 87.0 cm³/mol. The normalized spacial score (nSPS) is 10.9. The molecule has 0 atom stereocenters. The maximum absolute atomic E-state index is 5.86. The highest BCUT2D eigenvalue weighted by Gasteiger charge is 2.05. The second-order valence-corrected chi connectivity index (χ2v) is 5.92. The van der Waals surface area contributed by atoms with Crippen molar-refractivity contribution < 1.29 is 4.74 Å². The molecule has 0 saturated heterocycles. The zero-order valence-electron chi connectivity index (χ0n) is 13.4. The number of nitrogens with one attached hydrogen (secondary N) is 1. The summed E-state index contributed by atoms with van der Waals surface area (Å²) in [5.74, 6) is 1.29. The molecule has 5 nitrogen and oxygen atoms in total. The molecule has 0 unspecified atom stereocenters. The Balaban J connectivity index is 2.23. The third-order valence-electron chi connectivity index (χ3n) is 3.01. The molecule has 6 heteroatoms. The van der Waals surface area contributed by atoms with E-state index in [1.165, 1.54) is 25.7 Å². The summed E-state index contributed by atoms with van der Waals surface area (Å²) in [7, 11) is 0. The number of hydrogen-bond acceptors (Lipinski definition) is 5. The minimum Gasteiger partial charge on any atom is -0.463 e. The molecular weight excluding hydrogens is 288 g/mol. The number of halogens is 1. The zero-order chi connectivity index (χ0) is 15.5. The van der Waals surface area contributed by atoms with Gasteiger partial charge in [0.15, 0.2) is 0 Å². The molecule has 0 aliphatic rings. The summed E-state index contributed by atoms with van der Waals surface area (Å²) in [6.45, 7) is 7.99. The van der Waals surface area contributed by atoms with Crippen molar-refractivity contribution in [2.45, 2.75) is 59.3 Å². The summed E-state index contributed by atoms with van der Waals surface area (Å²) in [4.78, 5) is 12.2. The molecule has 21 heavy (non-hydrogen) atoms. The van der Waals surface area contributed by atoms with Crippen LogP contribution < -0.4 is 10.1 Å². The Morgan fingerprint density at radius 1 is 1.10 bits per heavy atom. The smallest absolute Gasteiger partial charge is 0.322 e. The Morgan fingerprint density at radius 2 is 1.86 bits per heavy atom. The highest BCUT2D eigenvalue weighted by molar-refractivity contribution is 6.28. The van der Waals surface area contributed by atoms with Crippen molar-refractivity contribution in [3.05, 3.63) is 5.28 Å². The number of nitrogens with zero attached hydrogens (tertiary/aromatic N) is 3. The van der Waals surface area contributed by atoms with Crippen molar-refractivity contribution in [1.29, 1.82) is 0 Å². The zero-order valence-corrected chi connectivity index (χ0v) is 14.1. The second kappa shape index (κ2) is 10.6. The molecule has 0 amide bonds. The van der Waals surface area contributed by atoms with Crippen LogP contribution in [0.5, 0.6) is 6.01 Å². The largest absolute Gasteiger partial charge is 0.463 e. The Hall–Kier alpha value is -1.10. The fourth-order valence-electron chi connectivity index (χ4n) is 1.90. The molecule has 0 bridgehead atoms. The number of hydrogen-bond donors (Lipinski definition) is 1. The van der Waals surface area contributed by atoms with E-state index >= 15 is 0 Å². The minimum atomic E-state index is 0.163. The standard InChI is InChI=1S/C15H27ClN4O/c1-4-11-21-15-19-13(16)18-14(20-15)17-10-8-6-5-7-9-12(2)3/h12H,4-11H2,1-3H3,(H,17,18,19,20). The van der Waals surface area contributed by atoms with Crippen LogP contribution in [0, 0.1) is 5.92 Å². The van der Waals surface area contributed by atoms with Gasteiger partial charge in [-0.05, 0) is 30.4 Å². The molecule has 1 aromatic rings. The Kier molecular flexibility index (Phi) is 9.06. The summed E-state index contributed by atoms with van der Waals surface area (Å²) in [5.41, 5.74) is 0. The number of aromatic nitrogens is 3. The van der Waals surface area contributed by atoms with Crippen molar-refractivity contribution in [1.82, 2.24) is 15.0 Å². The van der Waals surface area contributed by atoms with Crippen LogP contribution in [0.1, 0.15) is 59.3 Å². The predicted octanol–water partition coefficient (Wildman–Crippen LogP) is 4.33. The lowest BCUT2D eigenvalue weighted by Crippen LogP contribution is -2.08. The number of unbranched alkanes of at least 4 members (excludes halogenated alkanes) is 3. The number of ether oxygens (including phenoxy) is 1. The molecule has 1 heterocycles.